The summed E-state index contributed by atoms with van der Waals surface area (Å²) in [5.74, 6) is 0. The summed E-state index contributed by atoms with van der Waals surface area (Å²) in [7, 11) is -1.68. The summed E-state index contributed by atoms with van der Waals surface area (Å²) >= 11 is 1.26. The molecule has 1 aliphatic rings. The first kappa shape index (κ1) is 23.9. The van der Waals surface area contributed by atoms with E-state index in [2.05, 4.69) is 105 Å². The Morgan fingerprint density at radius 1 is 0.655 bits per heavy atom. The molecular formula is C25H34BGeOP. The molecule has 0 aliphatic carbocycles. The summed E-state index contributed by atoms with van der Waals surface area (Å²) in [5.41, 5.74) is 0. The van der Waals surface area contributed by atoms with Crippen LogP contribution in [0.4, 0.5) is 0 Å². The van der Waals surface area contributed by atoms with Crippen LogP contribution in [-0.2, 0) is 4.74 Å². The number of hydrogen-bond acceptors (Lipinski definition) is 1. The normalized spacial score (nSPS) is 13.8. The predicted octanol–water partition coefficient (Wildman–Crippen LogP) is 2.96. The van der Waals surface area contributed by atoms with Crippen LogP contribution in [0.3, 0.4) is 0 Å². The minimum absolute atomic E-state index is 0. The summed E-state index contributed by atoms with van der Waals surface area (Å²) in [5, 5.41) is 4.44. The molecule has 3 aromatic rings. The van der Waals surface area contributed by atoms with Gasteiger partial charge in [0.05, 0.1) is 0 Å². The third-order valence-corrected chi connectivity index (χ3v) is 13.2. The van der Waals surface area contributed by atoms with Gasteiger partial charge in [0.1, 0.15) is 0 Å². The first-order chi connectivity index (χ1) is 13.6. The van der Waals surface area contributed by atoms with E-state index in [1.165, 1.54) is 45.3 Å². The molecule has 2 radical (unpaired) electrons. The van der Waals surface area contributed by atoms with Crippen LogP contribution in [0.15, 0.2) is 91.0 Å². The Bertz CT molecular complexity index is 727. The van der Waals surface area contributed by atoms with Crippen molar-refractivity contribution >= 4 is 48.1 Å². The van der Waals surface area contributed by atoms with Crippen molar-refractivity contribution in [3.8, 4) is 0 Å². The molecule has 1 fully saturated rings. The fourth-order valence-corrected chi connectivity index (χ4v) is 12.3. The zero-order valence-corrected chi connectivity index (χ0v) is 20.9. The molecule has 1 saturated heterocycles. The van der Waals surface area contributed by atoms with E-state index >= 15 is 0 Å². The molecule has 152 valence electrons. The molecule has 0 spiro atoms. The number of hydrogen-bond donors (Lipinski definition) is 0. The monoisotopic (exact) mass is 466 g/mol. The summed E-state index contributed by atoms with van der Waals surface area (Å²) < 4.78 is 5.21. The largest absolute Gasteiger partial charge is 0.187 e. The van der Waals surface area contributed by atoms with Crippen molar-refractivity contribution in [3.05, 3.63) is 91.0 Å². The van der Waals surface area contributed by atoms with E-state index in [0.29, 0.717) is 0 Å². The van der Waals surface area contributed by atoms with Gasteiger partial charge >= 0.3 is 149 Å². The number of ether oxygens (including phenoxy) is 1. The molecule has 0 bridgehead atoms. The third-order valence-electron chi connectivity index (χ3n) is 5.17. The fraction of sp³-hybridized carbons (Fsp3) is 0.280. The smallest absolute Gasteiger partial charge is 0.187 e. The van der Waals surface area contributed by atoms with Gasteiger partial charge in [-0.15, -0.1) is 0 Å². The first-order valence-corrected chi connectivity index (χ1v) is 13.3. The van der Waals surface area contributed by atoms with Crippen LogP contribution in [0.1, 0.15) is 26.7 Å². The molecule has 4 heteroatoms. The molecule has 1 heterocycles. The third kappa shape index (κ3) is 5.43. The van der Waals surface area contributed by atoms with Crippen molar-refractivity contribution in [2.24, 2.45) is 0 Å². The van der Waals surface area contributed by atoms with Crippen LogP contribution < -0.4 is 15.9 Å². The molecule has 0 unspecified atom stereocenters. The van der Waals surface area contributed by atoms with Gasteiger partial charge in [-0.2, -0.15) is 8.41 Å². The molecule has 4 rings (SSSR count). The van der Waals surface area contributed by atoms with Crippen LogP contribution in [-0.4, -0.2) is 42.1 Å². The molecule has 0 aromatic heterocycles. The molecule has 0 atom stereocenters. The van der Waals surface area contributed by atoms with E-state index in [9.17, 15) is 0 Å². The quantitative estimate of drug-likeness (QED) is 0.426. The minimum Gasteiger partial charge on any atom is -0.187 e. The van der Waals surface area contributed by atoms with Gasteiger partial charge in [-0.25, -0.2) is 0 Å². The van der Waals surface area contributed by atoms with Gasteiger partial charge < -0.3 is 4.74 Å². The molecule has 29 heavy (non-hydrogen) atoms. The van der Waals surface area contributed by atoms with Crippen LogP contribution in [0, 0.1) is 0 Å². The molecular weight excluding hydrogens is 431 g/mol. The summed E-state index contributed by atoms with van der Waals surface area (Å²) in [6.45, 7) is 6.88. The summed E-state index contributed by atoms with van der Waals surface area (Å²) in [4.78, 5) is 0. The van der Waals surface area contributed by atoms with Gasteiger partial charge in [0.2, 0.25) is 0 Å². The molecule has 3 aromatic carbocycles. The van der Waals surface area contributed by atoms with E-state index in [1.54, 1.807) is 0 Å². The Balaban J connectivity index is 0.000000437. The fourth-order valence-electron chi connectivity index (χ4n) is 3.96. The van der Waals surface area contributed by atoms with Crippen LogP contribution in [0.5, 0.6) is 0 Å². The average Bonchev–Trinajstić information content (AvgIpc) is 3.30. The molecule has 0 saturated carbocycles. The van der Waals surface area contributed by atoms with E-state index in [1.807, 2.05) is 0 Å². The Kier molecular flexibility index (Phi) is 9.21. The Morgan fingerprint density at radius 3 is 1.17 bits per heavy atom. The van der Waals surface area contributed by atoms with E-state index in [4.69, 9.17) is 4.74 Å². The Hall–Kier alpha value is -1.34. The second-order valence-electron chi connectivity index (χ2n) is 7.81. The van der Waals surface area contributed by atoms with Crippen molar-refractivity contribution in [1.29, 1.82) is 0 Å². The maximum atomic E-state index is 4.94. The maximum absolute atomic E-state index is 4.94. The minimum atomic E-state index is -1.68. The van der Waals surface area contributed by atoms with Gasteiger partial charge in [0.25, 0.3) is 0 Å². The zero-order chi connectivity index (χ0) is 19.9. The van der Waals surface area contributed by atoms with Crippen molar-refractivity contribution in [1.82, 2.24) is 0 Å². The summed E-state index contributed by atoms with van der Waals surface area (Å²) in [6, 6.07) is 33.4. The molecule has 0 N–H and O–H groups in total. The maximum Gasteiger partial charge on any atom is -0.187 e. The van der Waals surface area contributed by atoms with Crippen LogP contribution in [0.2, 0.25) is 0 Å². The van der Waals surface area contributed by atoms with Gasteiger partial charge in [-0.1, -0.05) is 0 Å². The average molecular weight is 465 g/mol. The van der Waals surface area contributed by atoms with Gasteiger partial charge in [-0.05, 0) is 12.8 Å². The SMILES string of the molecule is C1CCOC1.C[C](C)([GeH2])[P+](c1ccccc1)(c1ccccc1)c1ccccc1.[BH3-]. The zero-order valence-electron chi connectivity index (χ0n) is 17.1. The van der Waals surface area contributed by atoms with Gasteiger partial charge in [0.15, 0.2) is 0 Å². The predicted molar refractivity (Wildman–Crippen MR) is 138 cm³/mol. The van der Waals surface area contributed by atoms with E-state index in [0.717, 1.165) is 13.2 Å². The Morgan fingerprint density at radius 2 is 0.966 bits per heavy atom. The van der Waals surface area contributed by atoms with E-state index in [-0.39, 0.29) is 12.4 Å². The van der Waals surface area contributed by atoms with Gasteiger partial charge in [0, 0.05) is 13.2 Å². The topological polar surface area (TPSA) is 9.23 Å². The molecule has 0 amide bonds. The second kappa shape index (κ2) is 11.2. The van der Waals surface area contributed by atoms with Crippen molar-refractivity contribution in [2.45, 2.75) is 30.7 Å². The molecule has 1 aliphatic heterocycles. The second-order valence-corrected chi connectivity index (χ2v) is 16.9. The van der Waals surface area contributed by atoms with Crippen molar-refractivity contribution in [3.63, 3.8) is 0 Å². The molecule has 1 nitrogen and oxygen atoms in total. The standard InChI is InChI=1S/C21H23GeP.C4H8O.BH3/c1-21(2,22)23(18-12-6-3-7-13-18,19-14-8-4-9-15-19)20-16-10-5-11-17-20;1-2-4-5-3-1;/h3-17H,22H2,1-2H3;1-4H2;1H3/q+1;;-1. The van der Waals surface area contributed by atoms with Crippen molar-refractivity contribution in [2.75, 3.05) is 13.2 Å². The van der Waals surface area contributed by atoms with Crippen LogP contribution >= 0.6 is 7.26 Å². The van der Waals surface area contributed by atoms with Crippen LogP contribution in [0.25, 0.3) is 0 Å². The van der Waals surface area contributed by atoms with Crippen molar-refractivity contribution < 1.29 is 4.74 Å². The first-order valence-electron chi connectivity index (χ1n) is 10.1. The van der Waals surface area contributed by atoms with Gasteiger partial charge in [-0.3, -0.25) is 0 Å². The Labute approximate surface area is 187 Å². The number of benzene rings is 3. The summed E-state index contributed by atoms with van der Waals surface area (Å²) in [6.07, 6.45) is 2.56. The van der Waals surface area contributed by atoms with E-state index < -0.39 is 7.26 Å². The number of rotatable bonds is 4.